The molecule has 0 aliphatic carbocycles. The van der Waals surface area contributed by atoms with Gasteiger partial charge < -0.3 is 17.8 Å². The summed E-state index contributed by atoms with van der Waals surface area (Å²) in [4.78, 5) is 23.6. The number of carbonyl (C=O) groups excluding carboxylic acids is 2. The van der Waals surface area contributed by atoms with E-state index in [0.29, 0.717) is 14.2 Å². The first-order chi connectivity index (χ1) is 13.8. The number of hydrogen-bond acceptors (Lipinski definition) is 10. The molecular weight excluding hydrogens is 501 g/mol. The van der Waals surface area contributed by atoms with E-state index in [4.69, 9.17) is 0 Å². The maximum atomic E-state index is 14.5. The average molecular weight is 508 g/mol. The maximum Gasteiger partial charge on any atom is 0.534 e. The Bertz CT molecular complexity index is 1100. The van der Waals surface area contributed by atoms with Gasteiger partial charge in [-0.3, -0.25) is 0 Å². The smallest absolute Gasteiger partial charge is 0.465 e. The first kappa shape index (κ1) is 26.2. The van der Waals surface area contributed by atoms with E-state index < -0.39 is 71.6 Å². The molecule has 0 radical (unpaired) electrons. The van der Waals surface area contributed by atoms with Crippen LogP contribution >= 0.6 is 0 Å². The molecule has 0 aliphatic heterocycles. The molecule has 31 heavy (non-hydrogen) atoms. The van der Waals surface area contributed by atoms with Crippen molar-refractivity contribution >= 4 is 32.2 Å². The van der Waals surface area contributed by atoms with Crippen LogP contribution in [0.5, 0.6) is 11.5 Å². The van der Waals surface area contributed by atoms with E-state index in [2.05, 4.69) is 17.8 Å². The van der Waals surface area contributed by atoms with Crippen LogP contribution in [0.15, 0.2) is 6.07 Å². The molecule has 19 heteroatoms. The molecule has 0 saturated carbocycles. The first-order valence-electron chi connectivity index (χ1n) is 6.85. The van der Waals surface area contributed by atoms with Crippen LogP contribution in [-0.2, 0) is 29.7 Å². The Morgan fingerprint density at radius 1 is 0.806 bits per heavy atom. The molecule has 176 valence electrons. The highest BCUT2D eigenvalue weighted by Crippen LogP contribution is 2.39. The van der Waals surface area contributed by atoms with Gasteiger partial charge >= 0.3 is 43.2 Å². The van der Waals surface area contributed by atoms with E-state index in [1.807, 2.05) is 0 Å². The molecule has 1 aromatic rings. The van der Waals surface area contributed by atoms with E-state index in [1.165, 1.54) is 0 Å². The van der Waals surface area contributed by atoms with Crippen molar-refractivity contribution in [3.63, 3.8) is 0 Å². The molecule has 10 nitrogen and oxygen atoms in total. The zero-order valence-corrected chi connectivity index (χ0v) is 16.3. The summed E-state index contributed by atoms with van der Waals surface area (Å²) in [6.45, 7) is 0. The number of hydrogen-bond donors (Lipinski definition) is 0. The van der Waals surface area contributed by atoms with E-state index in [0.717, 1.165) is 0 Å². The Hall–Kier alpha value is -2.83. The van der Waals surface area contributed by atoms with Crippen LogP contribution in [0.2, 0.25) is 0 Å². The van der Waals surface area contributed by atoms with E-state index in [-0.39, 0.29) is 6.07 Å². The van der Waals surface area contributed by atoms with Crippen LogP contribution in [0.4, 0.5) is 30.7 Å². The van der Waals surface area contributed by atoms with Crippen molar-refractivity contribution in [3.05, 3.63) is 23.0 Å². The van der Waals surface area contributed by atoms with Gasteiger partial charge in [0.2, 0.25) is 5.82 Å². The highest BCUT2D eigenvalue weighted by Gasteiger charge is 2.51. The minimum absolute atomic E-state index is 0.191. The summed E-state index contributed by atoms with van der Waals surface area (Å²) in [6, 6.07) is -0.191. The van der Waals surface area contributed by atoms with Crippen LogP contribution in [0, 0.1) is 5.82 Å². The summed E-state index contributed by atoms with van der Waals surface area (Å²) in [5, 5.41) is 0. The van der Waals surface area contributed by atoms with Gasteiger partial charge in [0.15, 0.2) is 11.5 Å². The number of halogens is 7. The molecule has 0 aliphatic rings. The van der Waals surface area contributed by atoms with Crippen molar-refractivity contribution in [2.45, 2.75) is 11.0 Å². The Labute approximate surface area is 167 Å². The van der Waals surface area contributed by atoms with Gasteiger partial charge in [0, 0.05) is 6.07 Å². The second kappa shape index (κ2) is 8.36. The van der Waals surface area contributed by atoms with Gasteiger partial charge in [-0.2, -0.15) is 47.6 Å². The molecule has 1 rings (SSSR count). The summed E-state index contributed by atoms with van der Waals surface area (Å²) < 4.78 is 149. The zero-order valence-electron chi connectivity index (χ0n) is 14.6. The summed E-state index contributed by atoms with van der Waals surface area (Å²) in [5.74, 6) is -10.9. The second-order valence-corrected chi connectivity index (χ2v) is 7.97. The topological polar surface area (TPSA) is 139 Å². The first-order valence-corrected chi connectivity index (χ1v) is 9.67. The fourth-order valence-corrected chi connectivity index (χ4v) is 2.57. The van der Waals surface area contributed by atoms with Crippen molar-refractivity contribution in [2.24, 2.45) is 0 Å². The van der Waals surface area contributed by atoms with Gasteiger partial charge in [0.05, 0.1) is 19.8 Å². The van der Waals surface area contributed by atoms with Crippen LogP contribution in [0.3, 0.4) is 0 Å². The van der Waals surface area contributed by atoms with Gasteiger partial charge in [-0.05, 0) is 0 Å². The molecule has 0 N–H and O–H groups in total. The number of benzene rings is 1. The van der Waals surface area contributed by atoms with E-state index in [9.17, 15) is 57.2 Å². The van der Waals surface area contributed by atoms with Gasteiger partial charge in [-0.1, -0.05) is 0 Å². The molecule has 0 heterocycles. The lowest BCUT2D eigenvalue weighted by Crippen LogP contribution is -2.31. The SMILES string of the molecule is COC(=O)c1cc(OS(=O)(=O)C(F)(F)F)c(F)c(OS(=O)(=O)C(F)(F)F)c1C(=O)OC. The Morgan fingerprint density at radius 2 is 1.23 bits per heavy atom. The minimum Gasteiger partial charge on any atom is -0.465 e. The van der Waals surface area contributed by atoms with Gasteiger partial charge in [0.25, 0.3) is 0 Å². The number of esters is 2. The molecule has 0 bridgehead atoms. The van der Waals surface area contributed by atoms with Gasteiger partial charge in [-0.25, -0.2) is 9.59 Å². The van der Waals surface area contributed by atoms with Gasteiger partial charge in [0.1, 0.15) is 5.56 Å². The second-order valence-electron chi connectivity index (χ2n) is 4.89. The van der Waals surface area contributed by atoms with E-state index in [1.54, 1.807) is 0 Å². The molecule has 0 unspecified atom stereocenters. The Kier molecular flexibility index (Phi) is 7.07. The lowest BCUT2D eigenvalue weighted by atomic mass is 10.1. The molecule has 0 spiro atoms. The third-order valence-corrected chi connectivity index (χ3v) is 4.86. The summed E-state index contributed by atoms with van der Waals surface area (Å²) in [5.41, 5.74) is -15.6. The highest BCUT2D eigenvalue weighted by molar-refractivity contribution is 7.88. The Morgan fingerprint density at radius 3 is 1.61 bits per heavy atom. The number of rotatable bonds is 6. The quantitative estimate of drug-likeness (QED) is 0.242. The average Bonchev–Trinajstić information content (AvgIpc) is 2.61. The molecule has 0 fully saturated rings. The van der Waals surface area contributed by atoms with Crippen molar-refractivity contribution in [3.8, 4) is 11.5 Å². The minimum atomic E-state index is -6.80. The van der Waals surface area contributed by atoms with Crippen molar-refractivity contribution in [1.82, 2.24) is 0 Å². The predicted molar refractivity (Wildman–Crippen MR) is 80.3 cm³/mol. The largest absolute Gasteiger partial charge is 0.534 e. The molecule has 0 amide bonds. The maximum absolute atomic E-state index is 14.5. The number of methoxy groups -OCH3 is 2. The third-order valence-electron chi connectivity index (χ3n) is 2.94. The highest BCUT2D eigenvalue weighted by atomic mass is 32.2. The number of carbonyl (C=O) groups is 2. The van der Waals surface area contributed by atoms with Crippen LogP contribution < -0.4 is 8.37 Å². The number of ether oxygens (including phenoxy) is 2. The summed E-state index contributed by atoms with van der Waals surface area (Å²) in [7, 11) is -12.4. The fourth-order valence-electron chi connectivity index (χ4n) is 1.65. The van der Waals surface area contributed by atoms with Crippen LogP contribution in [-0.4, -0.2) is 54.0 Å². The standard InChI is InChI=1S/C12H7F7O10S2/c1-26-9(20)4-3-5(28-30(22,23)11(14,15)16)7(13)8(6(4)10(21)27-2)29-31(24,25)12(17,18)19/h3H,1-2H3. The summed E-state index contributed by atoms with van der Waals surface area (Å²) in [6.07, 6.45) is 0. The Balaban J connectivity index is 4.02. The lowest BCUT2D eigenvalue weighted by molar-refractivity contribution is -0.0502. The van der Waals surface area contributed by atoms with E-state index >= 15 is 0 Å². The van der Waals surface area contributed by atoms with Crippen LogP contribution in [0.25, 0.3) is 0 Å². The van der Waals surface area contributed by atoms with Crippen LogP contribution in [0.1, 0.15) is 20.7 Å². The molecule has 0 aromatic heterocycles. The van der Waals surface area contributed by atoms with Crippen molar-refractivity contribution in [2.75, 3.05) is 14.2 Å². The lowest BCUT2D eigenvalue weighted by Gasteiger charge is -2.17. The number of alkyl halides is 6. The summed E-state index contributed by atoms with van der Waals surface area (Å²) >= 11 is 0. The van der Waals surface area contributed by atoms with Gasteiger partial charge in [-0.15, -0.1) is 0 Å². The molecule has 0 saturated heterocycles. The predicted octanol–water partition coefficient (Wildman–Crippen LogP) is 1.86. The third kappa shape index (κ3) is 5.27. The van der Waals surface area contributed by atoms with Crippen molar-refractivity contribution < 1.29 is 75.0 Å². The monoisotopic (exact) mass is 508 g/mol. The zero-order chi connectivity index (χ0) is 24.6. The molecule has 1 aromatic carbocycles. The van der Waals surface area contributed by atoms with Crippen molar-refractivity contribution in [1.29, 1.82) is 0 Å². The molecular formula is C12H7F7O10S2. The molecule has 0 atom stereocenters. The normalized spacial score (nSPS) is 12.8. The fraction of sp³-hybridized carbons (Fsp3) is 0.333.